The van der Waals surface area contributed by atoms with E-state index in [2.05, 4.69) is 98.8 Å². The Balaban J connectivity index is 0.000000387. The van der Waals surface area contributed by atoms with Crippen LogP contribution in [0, 0.1) is 23.6 Å². The average Bonchev–Trinajstić information content (AvgIpc) is 3.30. The van der Waals surface area contributed by atoms with Crippen molar-refractivity contribution >= 4 is 17.8 Å². The Kier molecular flexibility index (Phi) is 19.2. The molecule has 5 nitrogen and oxygen atoms in total. The number of halogens is 1. The van der Waals surface area contributed by atoms with Gasteiger partial charge in [-0.3, -0.25) is 9.78 Å². The van der Waals surface area contributed by atoms with Crippen molar-refractivity contribution in [1.82, 2.24) is 15.3 Å². The second-order valence-corrected chi connectivity index (χ2v) is 11.5. The highest BCUT2D eigenvalue weighted by Gasteiger charge is 2.28. The third-order valence-electron chi connectivity index (χ3n) is 7.75. The molecule has 246 valence electrons. The Morgan fingerprint density at radius 1 is 1.11 bits per heavy atom. The molecule has 4 rings (SSSR count). The molecule has 0 bridgehead atoms. The van der Waals surface area contributed by atoms with Gasteiger partial charge in [-0.25, -0.2) is 9.37 Å². The number of allylic oxidation sites excluding steroid dienone is 6. The van der Waals surface area contributed by atoms with Crippen molar-refractivity contribution in [2.75, 3.05) is 12.4 Å². The van der Waals surface area contributed by atoms with Crippen LogP contribution in [-0.2, 0) is 17.6 Å². The number of pyridine rings is 2. The lowest BCUT2D eigenvalue weighted by atomic mass is 9.81. The lowest BCUT2D eigenvalue weighted by Crippen LogP contribution is -2.30. The Hall–Kier alpha value is -3.64. The highest BCUT2D eigenvalue weighted by atomic mass is 19.1. The summed E-state index contributed by atoms with van der Waals surface area (Å²) in [4.78, 5) is 20.4. The van der Waals surface area contributed by atoms with Crippen LogP contribution in [-0.4, -0.2) is 29.0 Å². The molecule has 0 radical (unpaired) electrons. The van der Waals surface area contributed by atoms with Gasteiger partial charge in [0.15, 0.2) is 0 Å². The molecule has 45 heavy (non-hydrogen) atoms. The topological polar surface area (TPSA) is 66.9 Å². The Labute approximate surface area is 272 Å². The first-order valence-electron chi connectivity index (χ1n) is 16.5. The number of rotatable bonds is 10. The van der Waals surface area contributed by atoms with Crippen LogP contribution >= 0.6 is 0 Å². The predicted molar refractivity (Wildman–Crippen MR) is 192 cm³/mol. The fraction of sp³-hybridized carbons (Fsp3) is 0.462. The molecule has 3 atom stereocenters. The van der Waals surface area contributed by atoms with Gasteiger partial charge >= 0.3 is 0 Å². The zero-order valence-electron chi connectivity index (χ0n) is 29.0. The summed E-state index contributed by atoms with van der Waals surface area (Å²) in [5.74, 6) is 0.868. The summed E-state index contributed by atoms with van der Waals surface area (Å²) in [6.07, 6.45) is 21.8. The quantitative estimate of drug-likeness (QED) is 0.261. The number of hydrogen-bond donors (Lipinski definition) is 2. The molecule has 2 heterocycles. The van der Waals surface area contributed by atoms with Crippen molar-refractivity contribution in [1.29, 1.82) is 0 Å². The number of amides is 1. The molecule has 0 aromatic carbocycles. The van der Waals surface area contributed by atoms with Gasteiger partial charge in [0, 0.05) is 30.3 Å². The summed E-state index contributed by atoms with van der Waals surface area (Å²) in [5, 5.41) is 6.08. The van der Waals surface area contributed by atoms with Crippen molar-refractivity contribution in [3.63, 3.8) is 0 Å². The van der Waals surface area contributed by atoms with Crippen molar-refractivity contribution in [2.45, 2.75) is 93.0 Å². The molecule has 6 heteroatoms. The number of unbranched alkanes of at least 4 members (excludes halogenated alkanes) is 1. The smallest absolute Gasteiger partial charge is 0.229 e. The molecular weight excluding hydrogens is 559 g/mol. The Morgan fingerprint density at radius 2 is 1.82 bits per heavy atom. The third kappa shape index (κ3) is 13.9. The zero-order chi connectivity index (χ0) is 33.8. The van der Waals surface area contributed by atoms with E-state index >= 15 is 0 Å². The number of likely N-dealkylation sites (N-methyl/N-ethyl adjacent to an activating group) is 1. The normalized spacial score (nSPS) is 15.8. The summed E-state index contributed by atoms with van der Waals surface area (Å²) >= 11 is 0. The van der Waals surface area contributed by atoms with E-state index in [0.717, 1.165) is 35.9 Å². The number of carbonyl (C=O) groups excluding carboxylic acids is 1. The van der Waals surface area contributed by atoms with Gasteiger partial charge in [-0.05, 0) is 80.0 Å². The number of nitrogens with zero attached hydrogens (tertiary/aromatic N) is 2. The molecule has 2 N–H and O–H groups in total. The van der Waals surface area contributed by atoms with Gasteiger partial charge < -0.3 is 10.6 Å². The van der Waals surface area contributed by atoms with Crippen LogP contribution in [0.2, 0.25) is 0 Å². The lowest BCUT2D eigenvalue weighted by molar-refractivity contribution is -0.119. The number of anilines is 1. The Bertz CT molecular complexity index is 1270. The second-order valence-electron chi connectivity index (χ2n) is 11.5. The van der Waals surface area contributed by atoms with E-state index in [0.29, 0.717) is 36.5 Å². The molecule has 1 amide bonds. The summed E-state index contributed by atoms with van der Waals surface area (Å²) < 4.78 is 12.8. The first-order chi connectivity index (χ1) is 21.6. The highest BCUT2D eigenvalue weighted by molar-refractivity contribution is 5.92. The van der Waals surface area contributed by atoms with Gasteiger partial charge in [0.2, 0.25) is 5.91 Å². The molecule has 2 aliphatic rings. The number of fused-ring (bicyclic) bond motifs is 1. The SMILES string of the molecule is C=C(C)C(CC(C1=CC=CCC=C1)C(C)C)NC.C=Cc1cnc2c(c1)CC(C(=O)Nc1ccc(F)cn1)C2.CC.CCCC. The largest absolute Gasteiger partial charge is 0.313 e. The van der Waals surface area contributed by atoms with Crippen LogP contribution in [0.3, 0.4) is 0 Å². The molecule has 0 saturated carbocycles. The van der Waals surface area contributed by atoms with Crippen LogP contribution in [0.5, 0.6) is 0 Å². The van der Waals surface area contributed by atoms with Gasteiger partial charge in [0.25, 0.3) is 0 Å². The monoisotopic (exact) mass is 616 g/mol. The van der Waals surface area contributed by atoms with Crippen molar-refractivity contribution in [3.05, 3.63) is 108 Å². The van der Waals surface area contributed by atoms with Crippen LogP contribution in [0.25, 0.3) is 6.08 Å². The van der Waals surface area contributed by atoms with Crippen LogP contribution in [0.1, 0.15) is 91.0 Å². The first kappa shape index (κ1) is 39.4. The van der Waals surface area contributed by atoms with E-state index in [-0.39, 0.29) is 11.8 Å². The molecule has 2 aromatic rings. The lowest BCUT2D eigenvalue weighted by Gasteiger charge is -2.27. The summed E-state index contributed by atoms with van der Waals surface area (Å²) in [6.45, 7) is 22.9. The van der Waals surface area contributed by atoms with Gasteiger partial charge in [0.1, 0.15) is 11.6 Å². The third-order valence-corrected chi connectivity index (χ3v) is 7.75. The maximum Gasteiger partial charge on any atom is 0.229 e. The van der Waals surface area contributed by atoms with Crippen molar-refractivity contribution < 1.29 is 9.18 Å². The van der Waals surface area contributed by atoms with E-state index in [9.17, 15) is 9.18 Å². The number of nitrogens with one attached hydrogen (secondary N) is 2. The fourth-order valence-corrected chi connectivity index (χ4v) is 4.92. The summed E-state index contributed by atoms with van der Waals surface area (Å²) in [6, 6.07) is 5.13. The molecular formula is C39H57FN4O. The maximum atomic E-state index is 12.8. The second kappa shape index (κ2) is 22.0. The highest BCUT2D eigenvalue weighted by Crippen LogP contribution is 2.29. The van der Waals surface area contributed by atoms with Crippen molar-refractivity contribution in [3.8, 4) is 0 Å². The molecule has 2 aliphatic carbocycles. The van der Waals surface area contributed by atoms with E-state index in [1.54, 1.807) is 12.3 Å². The predicted octanol–water partition coefficient (Wildman–Crippen LogP) is 9.70. The standard InChI is InChI=1S/C17H27N.C16H14FN3O.C4H10.C2H6/c1-13(2)16(12-17(18-5)14(3)4)15-10-8-6-7-9-11-15;1-2-10-5-11-6-12(7-14(11)18-8-10)16(21)20-15-4-3-13(17)9-19-15;1-3-4-2;1-2/h6,8-11,13,16-18H,3,7,12H2,1-2,4-5H3;2-5,8-9,12H,1,6-7H2,(H,19,20,21);3-4H2,1-2H3;1-2H3. The molecule has 0 fully saturated rings. The fourth-order valence-electron chi connectivity index (χ4n) is 4.92. The minimum Gasteiger partial charge on any atom is -0.313 e. The van der Waals surface area contributed by atoms with Crippen LogP contribution < -0.4 is 10.6 Å². The number of aromatic nitrogens is 2. The van der Waals surface area contributed by atoms with Gasteiger partial charge in [-0.1, -0.05) is 110 Å². The molecule has 0 saturated heterocycles. The molecule has 3 unspecified atom stereocenters. The zero-order valence-corrected chi connectivity index (χ0v) is 29.0. The maximum absolute atomic E-state index is 12.8. The van der Waals surface area contributed by atoms with Gasteiger partial charge in [0.05, 0.1) is 6.20 Å². The Morgan fingerprint density at radius 3 is 2.38 bits per heavy atom. The van der Waals surface area contributed by atoms with E-state index in [1.165, 1.54) is 36.1 Å². The van der Waals surface area contributed by atoms with Crippen molar-refractivity contribution in [2.24, 2.45) is 17.8 Å². The van der Waals surface area contributed by atoms with E-state index in [1.807, 2.05) is 27.0 Å². The minimum absolute atomic E-state index is 0.118. The molecule has 2 aromatic heterocycles. The molecule has 0 spiro atoms. The van der Waals surface area contributed by atoms with Gasteiger partial charge in [-0.2, -0.15) is 0 Å². The van der Waals surface area contributed by atoms with E-state index in [4.69, 9.17) is 0 Å². The average molecular weight is 617 g/mol. The summed E-state index contributed by atoms with van der Waals surface area (Å²) in [7, 11) is 2.02. The summed E-state index contributed by atoms with van der Waals surface area (Å²) in [5.41, 5.74) is 5.65. The number of carbonyl (C=O) groups is 1. The van der Waals surface area contributed by atoms with E-state index < -0.39 is 5.82 Å². The van der Waals surface area contributed by atoms with Crippen LogP contribution in [0.15, 0.2) is 85.3 Å². The minimum atomic E-state index is -0.428. The van der Waals surface area contributed by atoms with Gasteiger partial charge in [-0.15, -0.1) is 0 Å². The molecule has 0 aliphatic heterocycles. The van der Waals surface area contributed by atoms with Crippen LogP contribution in [0.4, 0.5) is 10.2 Å². The first-order valence-corrected chi connectivity index (χ1v) is 16.5. The number of hydrogen-bond acceptors (Lipinski definition) is 4.